The van der Waals surface area contributed by atoms with E-state index in [0.29, 0.717) is 11.1 Å². The van der Waals surface area contributed by atoms with Gasteiger partial charge in [0, 0.05) is 42.0 Å². The Morgan fingerprint density at radius 2 is 1.68 bits per heavy atom. The number of carbonyl (C=O) groups is 2. The van der Waals surface area contributed by atoms with Gasteiger partial charge in [-0.15, -0.1) is 0 Å². The molecule has 1 fully saturated rings. The molecule has 0 bridgehead atoms. The minimum absolute atomic E-state index is 0.0235. The first-order valence-electron chi connectivity index (χ1n) is 9.97. The molecule has 9 heteroatoms. The number of pyridine rings is 2. The van der Waals surface area contributed by atoms with E-state index in [4.69, 9.17) is 0 Å². The van der Waals surface area contributed by atoms with Crippen LogP contribution < -0.4 is 4.72 Å². The first-order chi connectivity index (χ1) is 14.8. The number of likely N-dealkylation sites (tertiary alicyclic amines) is 1. The van der Waals surface area contributed by atoms with Gasteiger partial charge in [-0.1, -0.05) is 12.1 Å². The smallest absolute Gasteiger partial charge is 0.264 e. The van der Waals surface area contributed by atoms with Gasteiger partial charge in [0.1, 0.15) is 0 Å². The van der Waals surface area contributed by atoms with Crippen molar-refractivity contribution >= 4 is 32.7 Å². The van der Waals surface area contributed by atoms with Gasteiger partial charge in [-0.3, -0.25) is 19.6 Å². The lowest BCUT2D eigenvalue weighted by Gasteiger charge is -2.26. The predicted octanol–water partition coefficient (Wildman–Crippen LogP) is 2.61. The van der Waals surface area contributed by atoms with Crippen molar-refractivity contribution in [2.24, 2.45) is 0 Å². The number of piperidine rings is 1. The second kappa shape index (κ2) is 8.43. The third-order valence-electron chi connectivity index (χ3n) is 5.24. The van der Waals surface area contributed by atoms with Crippen molar-refractivity contribution < 1.29 is 18.0 Å². The Kier molecular flexibility index (Phi) is 5.69. The number of fused-ring (bicyclic) bond motifs is 1. The zero-order chi connectivity index (χ0) is 22.0. The number of carbonyl (C=O) groups excluding carboxylic acids is 2. The average molecular weight is 439 g/mol. The number of amides is 2. The normalized spacial score (nSPS) is 14.4. The summed E-state index contributed by atoms with van der Waals surface area (Å²) < 4.78 is 24.5. The number of aromatic nitrogens is 2. The highest BCUT2D eigenvalue weighted by molar-refractivity contribution is 7.89. The van der Waals surface area contributed by atoms with E-state index < -0.39 is 15.9 Å². The number of rotatable bonds is 4. The molecule has 1 aliphatic heterocycles. The van der Waals surface area contributed by atoms with Crippen LogP contribution in [-0.2, 0) is 10.0 Å². The van der Waals surface area contributed by atoms with E-state index in [1.165, 1.54) is 0 Å². The van der Waals surface area contributed by atoms with Crippen LogP contribution in [0.4, 0.5) is 0 Å². The summed E-state index contributed by atoms with van der Waals surface area (Å²) in [5, 5.41) is 0.784. The number of nitrogens with one attached hydrogen (secondary N) is 1. The Balaban J connectivity index is 1.67. The van der Waals surface area contributed by atoms with Crippen molar-refractivity contribution in [3.63, 3.8) is 0 Å². The summed E-state index contributed by atoms with van der Waals surface area (Å²) in [5.41, 5.74) is 2.96. The van der Waals surface area contributed by atoms with Crippen LogP contribution in [0.2, 0.25) is 0 Å². The Morgan fingerprint density at radius 3 is 2.35 bits per heavy atom. The summed E-state index contributed by atoms with van der Waals surface area (Å²) in [5.74, 6) is -0.717. The van der Waals surface area contributed by atoms with Gasteiger partial charge in [0.05, 0.1) is 23.5 Å². The molecule has 1 saturated heterocycles. The molecule has 0 spiro atoms. The predicted molar refractivity (Wildman–Crippen MR) is 117 cm³/mol. The molecule has 1 aromatic carbocycles. The monoisotopic (exact) mass is 438 g/mol. The molecular formula is C22H22N4O4S. The Labute approximate surface area is 180 Å². The van der Waals surface area contributed by atoms with Crippen molar-refractivity contribution in [2.45, 2.75) is 19.3 Å². The maximum absolute atomic E-state index is 12.9. The van der Waals surface area contributed by atoms with Crippen molar-refractivity contribution in [1.82, 2.24) is 19.6 Å². The molecule has 160 valence electrons. The van der Waals surface area contributed by atoms with Crippen LogP contribution in [0.25, 0.3) is 22.0 Å². The van der Waals surface area contributed by atoms with Gasteiger partial charge in [0.25, 0.3) is 11.8 Å². The third-order valence-corrected chi connectivity index (χ3v) is 5.79. The van der Waals surface area contributed by atoms with E-state index >= 15 is 0 Å². The molecule has 0 atom stereocenters. The molecule has 0 aliphatic carbocycles. The quantitative estimate of drug-likeness (QED) is 0.671. The van der Waals surface area contributed by atoms with Gasteiger partial charge in [-0.25, -0.2) is 13.1 Å². The Morgan fingerprint density at radius 1 is 0.968 bits per heavy atom. The van der Waals surface area contributed by atoms with Crippen LogP contribution in [0.1, 0.15) is 40.0 Å². The lowest BCUT2D eigenvalue weighted by Crippen LogP contribution is -2.35. The van der Waals surface area contributed by atoms with Gasteiger partial charge >= 0.3 is 0 Å². The maximum atomic E-state index is 12.9. The molecule has 31 heavy (non-hydrogen) atoms. The standard InChI is InChI=1S/C22H22N4O4S/c1-31(29,30)25-21(27)16-7-5-15(6-8-16)19-13-23-14-20-18(19)11-17(12-24-20)22(28)26-9-3-2-4-10-26/h5-8,11-14H,2-4,9-10H2,1H3,(H,25,27). The highest BCUT2D eigenvalue weighted by Gasteiger charge is 2.19. The molecule has 0 saturated carbocycles. The van der Waals surface area contributed by atoms with Crippen molar-refractivity contribution in [2.75, 3.05) is 19.3 Å². The SMILES string of the molecule is CS(=O)(=O)NC(=O)c1ccc(-c2cncc3ncc(C(=O)N4CCCCC4)cc23)cc1. The lowest BCUT2D eigenvalue weighted by atomic mass is 10.0. The molecular weight excluding hydrogens is 416 g/mol. The molecule has 0 radical (unpaired) electrons. The fourth-order valence-electron chi connectivity index (χ4n) is 3.70. The van der Waals surface area contributed by atoms with E-state index in [0.717, 1.165) is 55.1 Å². The summed E-state index contributed by atoms with van der Waals surface area (Å²) in [6.07, 6.45) is 9.02. The Bertz CT molecular complexity index is 1250. The highest BCUT2D eigenvalue weighted by atomic mass is 32.2. The highest BCUT2D eigenvalue weighted by Crippen LogP contribution is 2.28. The van der Waals surface area contributed by atoms with Gasteiger partial charge in [-0.05, 0) is 43.0 Å². The molecule has 3 aromatic rings. The third kappa shape index (κ3) is 4.72. The van der Waals surface area contributed by atoms with Crippen LogP contribution in [0, 0.1) is 0 Å². The lowest BCUT2D eigenvalue weighted by molar-refractivity contribution is 0.0724. The van der Waals surface area contributed by atoms with Crippen LogP contribution in [-0.4, -0.2) is 54.4 Å². The van der Waals surface area contributed by atoms with E-state index in [9.17, 15) is 18.0 Å². The zero-order valence-electron chi connectivity index (χ0n) is 17.0. The second-order valence-electron chi connectivity index (χ2n) is 7.61. The van der Waals surface area contributed by atoms with Crippen LogP contribution in [0.15, 0.2) is 48.9 Å². The van der Waals surface area contributed by atoms with Crippen LogP contribution in [0.5, 0.6) is 0 Å². The summed E-state index contributed by atoms with van der Waals surface area (Å²) >= 11 is 0. The maximum Gasteiger partial charge on any atom is 0.264 e. The molecule has 1 N–H and O–H groups in total. The minimum Gasteiger partial charge on any atom is -0.339 e. The molecule has 2 aromatic heterocycles. The van der Waals surface area contributed by atoms with Gasteiger partial charge in [0.15, 0.2) is 0 Å². The molecule has 3 heterocycles. The number of sulfonamides is 1. The topological polar surface area (TPSA) is 109 Å². The summed E-state index contributed by atoms with van der Waals surface area (Å²) in [6.45, 7) is 1.52. The van der Waals surface area contributed by atoms with Crippen molar-refractivity contribution in [3.8, 4) is 11.1 Å². The molecule has 0 unspecified atom stereocenters. The summed E-state index contributed by atoms with van der Waals surface area (Å²) in [7, 11) is -3.64. The van der Waals surface area contributed by atoms with Crippen molar-refractivity contribution in [3.05, 3.63) is 60.0 Å². The molecule has 4 rings (SSSR count). The first-order valence-corrected chi connectivity index (χ1v) is 11.9. The molecule has 8 nitrogen and oxygen atoms in total. The summed E-state index contributed by atoms with van der Waals surface area (Å²) in [6, 6.07) is 8.36. The van der Waals surface area contributed by atoms with E-state index in [1.807, 2.05) is 15.7 Å². The largest absolute Gasteiger partial charge is 0.339 e. The van der Waals surface area contributed by atoms with Gasteiger partial charge in [-0.2, -0.15) is 0 Å². The second-order valence-corrected chi connectivity index (χ2v) is 9.36. The minimum atomic E-state index is -3.64. The van der Waals surface area contributed by atoms with E-state index in [2.05, 4.69) is 9.97 Å². The fourth-order valence-corrected chi connectivity index (χ4v) is 4.16. The first kappa shape index (κ1) is 20.9. The van der Waals surface area contributed by atoms with Crippen molar-refractivity contribution in [1.29, 1.82) is 0 Å². The average Bonchev–Trinajstić information content (AvgIpc) is 2.77. The number of benzene rings is 1. The van der Waals surface area contributed by atoms with E-state index in [-0.39, 0.29) is 11.5 Å². The number of hydrogen-bond donors (Lipinski definition) is 1. The number of hydrogen-bond acceptors (Lipinski definition) is 6. The van der Waals surface area contributed by atoms with Crippen LogP contribution in [0.3, 0.4) is 0 Å². The Hall–Kier alpha value is -3.33. The zero-order valence-corrected chi connectivity index (χ0v) is 17.9. The van der Waals surface area contributed by atoms with E-state index in [1.54, 1.807) is 42.9 Å². The van der Waals surface area contributed by atoms with Crippen LogP contribution >= 0.6 is 0 Å². The molecule has 2 amide bonds. The van der Waals surface area contributed by atoms with Gasteiger partial charge < -0.3 is 4.90 Å². The van der Waals surface area contributed by atoms with Gasteiger partial charge in [0.2, 0.25) is 10.0 Å². The number of nitrogens with zero attached hydrogens (tertiary/aromatic N) is 3. The summed E-state index contributed by atoms with van der Waals surface area (Å²) in [4.78, 5) is 35.5. The molecule has 1 aliphatic rings. The fraction of sp³-hybridized carbons (Fsp3) is 0.273.